The van der Waals surface area contributed by atoms with Crippen molar-refractivity contribution in [1.29, 1.82) is 5.41 Å². The van der Waals surface area contributed by atoms with Crippen molar-refractivity contribution in [3.8, 4) is 0 Å². The normalized spacial score (nSPS) is 18.7. The van der Waals surface area contributed by atoms with E-state index >= 15 is 0 Å². The highest BCUT2D eigenvalue weighted by atomic mass is 32.1. The smallest absolute Gasteiger partial charge is 0.347 e. The van der Waals surface area contributed by atoms with Gasteiger partial charge in [-0.3, -0.25) is 29.5 Å². The average Bonchev–Trinajstić information content (AvgIpc) is 3.61. The number of carboxylic acids is 1. The van der Waals surface area contributed by atoms with Crippen molar-refractivity contribution in [3.63, 3.8) is 0 Å². The molecule has 3 amide bonds. The van der Waals surface area contributed by atoms with E-state index in [9.17, 15) is 24.0 Å². The number of carbonyl (C=O) groups excluding carboxylic acids is 4. The van der Waals surface area contributed by atoms with E-state index in [2.05, 4.69) is 4.99 Å². The summed E-state index contributed by atoms with van der Waals surface area (Å²) >= 11 is 0.872. The molecule has 0 unspecified atom stereocenters. The summed E-state index contributed by atoms with van der Waals surface area (Å²) in [4.78, 5) is 69.0. The van der Waals surface area contributed by atoms with Crippen LogP contribution in [-0.2, 0) is 30.5 Å². The molecular formula is C24H31N5O7S. The summed E-state index contributed by atoms with van der Waals surface area (Å²) in [7, 11) is 0. The highest BCUT2D eigenvalue weighted by molar-refractivity contribution is 7.16. The molecule has 1 saturated heterocycles. The number of carbonyl (C=O) groups is 5. The van der Waals surface area contributed by atoms with Gasteiger partial charge in [-0.05, 0) is 38.7 Å². The number of hydrogen-bond acceptors (Lipinski definition) is 9. The summed E-state index contributed by atoms with van der Waals surface area (Å²) in [5.41, 5.74) is 6.08. The van der Waals surface area contributed by atoms with E-state index < -0.39 is 41.7 Å². The van der Waals surface area contributed by atoms with Crippen LogP contribution in [0.3, 0.4) is 0 Å². The lowest BCUT2D eigenvalue weighted by molar-refractivity contribution is -0.143. The number of likely N-dealkylation sites (tertiary alicyclic amines) is 1. The molecule has 2 fully saturated rings. The Morgan fingerprint density at radius 2 is 1.95 bits per heavy atom. The van der Waals surface area contributed by atoms with Crippen molar-refractivity contribution in [2.45, 2.75) is 77.1 Å². The van der Waals surface area contributed by atoms with Gasteiger partial charge in [0.15, 0.2) is 5.84 Å². The zero-order chi connectivity index (χ0) is 27.3. The monoisotopic (exact) mass is 533 g/mol. The molecule has 0 spiro atoms. The van der Waals surface area contributed by atoms with Crippen molar-refractivity contribution in [1.82, 2.24) is 9.80 Å². The molecule has 1 aliphatic heterocycles. The van der Waals surface area contributed by atoms with Crippen LogP contribution in [0.2, 0.25) is 0 Å². The lowest BCUT2D eigenvalue weighted by atomic mass is 10.1. The van der Waals surface area contributed by atoms with Gasteiger partial charge in [0, 0.05) is 25.1 Å². The molecule has 1 aromatic rings. The van der Waals surface area contributed by atoms with E-state index in [-0.39, 0.29) is 28.3 Å². The first kappa shape index (κ1) is 28.1. The molecule has 13 heteroatoms. The van der Waals surface area contributed by atoms with Crippen LogP contribution in [0.1, 0.15) is 72.5 Å². The Morgan fingerprint density at radius 3 is 2.54 bits per heavy atom. The number of ether oxygens (including phenoxy) is 1. The number of esters is 1. The molecule has 2 atom stereocenters. The molecule has 2 aliphatic rings. The Balaban J connectivity index is 1.97. The van der Waals surface area contributed by atoms with E-state index in [1.807, 2.05) is 0 Å². The minimum atomic E-state index is -1.35. The number of hydrogen-bond donors (Lipinski definition) is 3. The predicted molar refractivity (Wildman–Crippen MR) is 135 cm³/mol. The number of imide groups is 1. The van der Waals surface area contributed by atoms with Gasteiger partial charge < -0.3 is 20.5 Å². The summed E-state index contributed by atoms with van der Waals surface area (Å²) in [5.74, 6) is -3.72. The van der Waals surface area contributed by atoms with Crippen LogP contribution in [0.25, 0.3) is 0 Å². The minimum absolute atomic E-state index is 0.121. The summed E-state index contributed by atoms with van der Waals surface area (Å²) in [6.07, 6.45) is 4.60. The summed E-state index contributed by atoms with van der Waals surface area (Å²) < 4.78 is 5.04. The van der Waals surface area contributed by atoms with Gasteiger partial charge in [0.25, 0.3) is 11.8 Å². The zero-order valence-corrected chi connectivity index (χ0v) is 21.6. The Hall–Kier alpha value is -3.45. The number of thiophene rings is 1. The van der Waals surface area contributed by atoms with Crippen LogP contribution in [-0.4, -0.2) is 81.3 Å². The molecular weight excluding hydrogens is 502 g/mol. The molecule has 3 rings (SSSR count). The topological polar surface area (TPSA) is 184 Å². The second-order valence-electron chi connectivity index (χ2n) is 9.12. The first-order chi connectivity index (χ1) is 17.5. The maximum atomic E-state index is 13.8. The van der Waals surface area contributed by atoms with Gasteiger partial charge in [0.1, 0.15) is 18.9 Å². The van der Waals surface area contributed by atoms with Crippen LogP contribution in [0.15, 0.2) is 11.1 Å². The molecule has 2 heterocycles. The average molecular weight is 534 g/mol. The van der Waals surface area contributed by atoms with Crippen LogP contribution >= 0.6 is 11.3 Å². The third-order valence-electron chi connectivity index (χ3n) is 6.33. The van der Waals surface area contributed by atoms with E-state index in [0.717, 1.165) is 24.2 Å². The SMILES string of the molecule is CC(=O)OCc1cc(C(=O)N(C(=O)[C@@H]2CCCN2C(=O)[C@H](C)N)C2CCCC2)sc1C(=N)N=CC(=O)O. The van der Waals surface area contributed by atoms with Gasteiger partial charge in [0.2, 0.25) is 5.91 Å². The van der Waals surface area contributed by atoms with Gasteiger partial charge >= 0.3 is 11.9 Å². The van der Waals surface area contributed by atoms with Gasteiger partial charge in [-0.15, -0.1) is 11.3 Å². The van der Waals surface area contributed by atoms with Crippen LogP contribution in [0.5, 0.6) is 0 Å². The first-order valence-corrected chi connectivity index (χ1v) is 12.9. The quantitative estimate of drug-likeness (QED) is 0.194. The number of aliphatic carboxylic acids is 1. The summed E-state index contributed by atoms with van der Waals surface area (Å²) in [5, 5.41) is 17.0. The van der Waals surface area contributed by atoms with E-state index in [4.69, 9.17) is 21.0 Å². The number of amides is 3. The lowest BCUT2D eigenvalue weighted by Gasteiger charge is -2.33. The molecule has 12 nitrogen and oxygen atoms in total. The van der Waals surface area contributed by atoms with Gasteiger partial charge in [-0.25, -0.2) is 9.79 Å². The number of nitrogens with two attached hydrogens (primary N) is 1. The van der Waals surface area contributed by atoms with Crippen molar-refractivity contribution in [2.24, 2.45) is 10.7 Å². The molecule has 37 heavy (non-hydrogen) atoms. The van der Waals surface area contributed by atoms with Crippen LogP contribution in [0.4, 0.5) is 0 Å². The number of aliphatic imine (C=N–C) groups is 1. The minimum Gasteiger partial charge on any atom is -0.477 e. The number of nitrogens with zero attached hydrogens (tertiary/aromatic N) is 3. The Bertz CT molecular complexity index is 1120. The summed E-state index contributed by atoms with van der Waals surface area (Å²) in [6.45, 7) is 2.90. The highest BCUT2D eigenvalue weighted by Crippen LogP contribution is 2.32. The van der Waals surface area contributed by atoms with Crippen molar-refractivity contribution in [3.05, 3.63) is 21.4 Å². The highest BCUT2D eigenvalue weighted by Gasteiger charge is 2.42. The second-order valence-corrected chi connectivity index (χ2v) is 10.2. The van der Waals surface area contributed by atoms with Crippen LogP contribution in [0, 0.1) is 5.41 Å². The maximum Gasteiger partial charge on any atom is 0.347 e. The van der Waals surface area contributed by atoms with E-state index in [0.29, 0.717) is 44.0 Å². The molecule has 1 aliphatic carbocycles. The predicted octanol–water partition coefficient (Wildman–Crippen LogP) is 1.54. The number of amidine groups is 1. The largest absolute Gasteiger partial charge is 0.477 e. The first-order valence-electron chi connectivity index (χ1n) is 12.1. The van der Waals surface area contributed by atoms with Crippen molar-refractivity contribution in [2.75, 3.05) is 6.54 Å². The Morgan fingerprint density at radius 1 is 1.27 bits per heavy atom. The molecule has 4 N–H and O–H groups in total. The van der Waals surface area contributed by atoms with E-state index in [1.54, 1.807) is 6.92 Å². The van der Waals surface area contributed by atoms with Gasteiger partial charge in [-0.2, -0.15) is 0 Å². The van der Waals surface area contributed by atoms with Crippen molar-refractivity contribution < 1.29 is 33.8 Å². The molecule has 1 aromatic heterocycles. The van der Waals surface area contributed by atoms with Crippen molar-refractivity contribution >= 4 is 53.0 Å². The molecule has 0 bridgehead atoms. The fraction of sp³-hybridized carbons (Fsp3) is 0.542. The standard InChI is InChI=1S/C24H31N5O7S/c1-13(25)22(33)28-9-5-8-17(28)23(34)29(16-6-3-4-7-16)24(35)18-10-15(12-36-14(2)30)20(37-18)21(26)27-11-19(31)32/h10-11,13,16-17,26H,3-9,12,25H2,1-2H3,(H,31,32)/t13-,17-/m0/s1. The Kier molecular flexibility index (Phi) is 9.27. The third-order valence-corrected chi connectivity index (χ3v) is 7.50. The molecule has 1 saturated carbocycles. The van der Waals surface area contributed by atoms with Crippen LogP contribution < -0.4 is 5.73 Å². The fourth-order valence-corrected chi connectivity index (χ4v) is 5.64. The fourth-order valence-electron chi connectivity index (χ4n) is 4.64. The summed E-state index contributed by atoms with van der Waals surface area (Å²) in [6, 6.07) is -0.462. The third kappa shape index (κ3) is 6.66. The number of carboxylic acid groups (broad SMARTS) is 1. The molecule has 0 aromatic carbocycles. The van der Waals surface area contributed by atoms with E-state index in [1.165, 1.54) is 22.8 Å². The zero-order valence-electron chi connectivity index (χ0n) is 20.8. The second kappa shape index (κ2) is 12.2. The molecule has 0 radical (unpaired) electrons. The number of rotatable bonds is 8. The van der Waals surface area contributed by atoms with Gasteiger partial charge in [-0.1, -0.05) is 12.8 Å². The maximum absolute atomic E-state index is 13.8. The lowest BCUT2D eigenvalue weighted by Crippen LogP contribution is -2.54. The number of nitrogens with one attached hydrogen (secondary N) is 1. The Labute approximate surface area is 218 Å². The van der Waals surface area contributed by atoms with Gasteiger partial charge in [0.05, 0.1) is 15.8 Å². The molecule has 200 valence electrons.